The van der Waals surface area contributed by atoms with Crippen molar-refractivity contribution in [2.45, 2.75) is 26.3 Å². The first-order chi connectivity index (χ1) is 7.17. The maximum atomic E-state index is 11.1. The van der Waals surface area contributed by atoms with Crippen LogP contribution in [0.3, 0.4) is 0 Å². The lowest BCUT2D eigenvalue weighted by molar-refractivity contribution is -0.115. The minimum Gasteiger partial charge on any atom is -0.326 e. The molecule has 1 rings (SSSR count). The molecule has 82 valence electrons. The summed E-state index contributed by atoms with van der Waals surface area (Å²) in [6.07, 6.45) is 0.509. The Kier molecular flexibility index (Phi) is 4.31. The third-order valence-electron chi connectivity index (χ3n) is 2.45. The lowest BCUT2D eigenvalue weighted by Crippen LogP contribution is -2.13. The van der Waals surface area contributed by atoms with Crippen molar-refractivity contribution in [1.82, 2.24) is 5.32 Å². The van der Waals surface area contributed by atoms with Crippen molar-refractivity contribution in [3.05, 3.63) is 29.8 Å². The van der Waals surface area contributed by atoms with Gasteiger partial charge in [0.2, 0.25) is 5.91 Å². The highest BCUT2D eigenvalue weighted by atomic mass is 16.1. The Balaban J connectivity index is 2.68. The molecule has 3 nitrogen and oxygen atoms in total. The Hall–Kier alpha value is -1.35. The minimum atomic E-state index is 0.0458. The van der Waals surface area contributed by atoms with Gasteiger partial charge in [0, 0.05) is 18.2 Å². The molecule has 0 spiro atoms. The van der Waals surface area contributed by atoms with Crippen molar-refractivity contribution < 1.29 is 4.79 Å². The smallest absolute Gasteiger partial charge is 0.224 e. The lowest BCUT2D eigenvalue weighted by Gasteiger charge is -2.11. The topological polar surface area (TPSA) is 41.1 Å². The van der Waals surface area contributed by atoms with Gasteiger partial charge in [-0.3, -0.25) is 4.79 Å². The molecule has 0 aromatic heterocycles. The molecule has 0 saturated carbocycles. The molecule has 0 saturated heterocycles. The molecule has 0 aliphatic rings. The van der Waals surface area contributed by atoms with Crippen LogP contribution in [0.4, 0.5) is 5.69 Å². The van der Waals surface area contributed by atoms with Crippen molar-refractivity contribution in [3.63, 3.8) is 0 Å². The number of hydrogen-bond acceptors (Lipinski definition) is 2. The van der Waals surface area contributed by atoms with Gasteiger partial charge in [-0.25, -0.2) is 0 Å². The SMILES string of the molecule is CCC(=O)Nc1ccc(C(C)NC)cc1. The van der Waals surface area contributed by atoms with E-state index < -0.39 is 0 Å². The van der Waals surface area contributed by atoms with Gasteiger partial charge in [0.25, 0.3) is 0 Å². The van der Waals surface area contributed by atoms with Crippen molar-refractivity contribution >= 4 is 11.6 Å². The molecule has 0 aliphatic carbocycles. The molecule has 0 radical (unpaired) electrons. The summed E-state index contributed by atoms with van der Waals surface area (Å²) < 4.78 is 0. The highest BCUT2D eigenvalue weighted by Gasteiger charge is 2.02. The van der Waals surface area contributed by atoms with Crippen LogP contribution >= 0.6 is 0 Å². The summed E-state index contributed by atoms with van der Waals surface area (Å²) in [5.41, 5.74) is 2.07. The molecular formula is C12H18N2O. The molecule has 1 amide bonds. The first kappa shape index (κ1) is 11.7. The summed E-state index contributed by atoms with van der Waals surface area (Å²) >= 11 is 0. The number of nitrogens with one attached hydrogen (secondary N) is 2. The van der Waals surface area contributed by atoms with Gasteiger partial charge < -0.3 is 10.6 Å². The van der Waals surface area contributed by atoms with Crippen LogP contribution < -0.4 is 10.6 Å². The van der Waals surface area contributed by atoms with Gasteiger partial charge in [0.1, 0.15) is 0 Å². The molecular weight excluding hydrogens is 188 g/mol. The molecule has 0 aliphatic heterocycles. The van der Waals surface area contributed by atoms with Crippen LogP contribution in [-0.2, 0) is 4.79 Å². The second-order valence-corrected chi connectivity index (χ2v) is 3.53. The van der Waals surface area contributed by atoms with Crippen LogP contribution in [0.2, 0.25) is 0 Å². The van der Waals surface area contributed by atoms with E-state index in [0.29, 0.717) is 12.5 Å². The molecule has 1 aromatic rings. The normalized spacial score (nSPS) is 12.2. The van der Waals surface area contributed by atoms with Crippen LogP contribution in [0.25, 0.3) is 0 Å². The van der Waals surface area contributed by atoms with Crippen LogP contribution in [-0.4, -0.2) is 13.0 Å². The third-order valence-corrected chi connectivity index (χ3v) is 2.45. The number of benzene rings is 1. The summed E-state index contributed by atoms with van der Waals surface area (Å²) in [5, 5.41) is 5.98. The first-order valence-electron chi connectivity index (χ1n) is 5.24. The van der Waals surface area contributed by atoms with Crippen molar-refractivity contribution in [3.8, 4) is 0 Å². The van der Waals surface area contributed by atoms with E-state index in [1.165, 1.54) is 5.56 Å². The van der Waals surface area contributed by atoms with Crippen LogP contribution in [0, 0.1) is 0 Å². The quantitative estimate of drug-likeness (QED) is 0.793. The average Bonchev–Trinajstić information content (AvgIpc) is 2.29. The molecule has 1 atom stereocenters. The Labute approximate surface area is 90.9 Å². The minimum absolute atomic E-state index is 0.0458. The van der Waals surface area contributed by atoms with E-state index >= 15 is 0 Å². The number of hydrogen-bond donors (Lipinski definition) is 2. The van der Waals surface area contributed by atoms with E-state index in [4.69, 9.17) is 0 Å². The van der Waals surface area contributed by atoms with Gasteiger partial charge >= 0.3 is 0 Å². The zero-order chi connectivity index (χ0) is 11.3. The fraction of sp³-hybridized carbons (Fsp3) is 0.417. The van der Waals surface area contributed by atoms with E-state index in [9.17, 15) is 4.79 Å². The highest BCUT2D eigenvalue weighted by molar-refractivity contribution is 5.90. The first-order valence-corrected chi connectivity index (χ1v) is 5.24. The summed E-state index contributed by atoms with van der Waals surface area (Å²) in [7, 11) is 1.93. The van der Waals surface area contributed by atoms with Crippen molar-refractivity contribution in [2.75, 3.05) is 12.4 Å². The van der Waals surface area contributed by atoms with Crippen LogP contribution in [0.1, 0.15) is 31.9 Å². The fourth-order valence-electron chi connectivity index (χ4n) is 1.27. The summed E-state index contributed by atoms with van der Waals surface area (Å²) in [4.78, 5) is 11.1. The zero-order valence-corrected chi connectivity index (χ0v) is 9.50. The summed E-state index contributed by atoms with van der Waals surface area (Å²) in [5.74, 6) is 0.0458. The van der Waals surface area contributed by atoms with E-state index in [2.05, 4.69) is 17.6 Å². The number of rotatable bonds is 4. The van der Waals surface area contributed by atoms with Gasteiger partial charge in [-0.15, -0.1) is 0 Å². The van der Waals surface area contributed by atoms with Gasteiger partial charge in [0.15, 0.2) is 0 Å². The maximum absolute atomic E-state index is 11.1. The third kappa shape index (κ3) is 3.36. The van der Waals surface area contributed by atoms with Gasteiger partial charge in [0.05, 0.1) is 0 Å². The van der Waals surface area contributed by atoms with Crippen molar-refractivity contribution in [1.29, 1.82) is 0 Å². The molecule has 2 N–H and O–H groups in total. The van der Waals surface area contributed by atoms with E-state index in [0.717, 1.165) is 5.69 Å². The summed E-state index contributed by atoms with van der Waals surface area (Å²) in [6.45, 7) is 3.94. The number of anilines is 1. The van der Waals surface area contributed by atoms with Crippen molar-refractivity contribution in [2.24, 2.45) is 0 Å². The Morgan fingerprint density at radius 3 is 2.40 bits per heavy atom. The Morgan fingerprint density at radius 2 is 1.93 bits per heavy atom. The monoisotopic (exact) mass is 206 g/mol. The molecule has 0 heterocycles. The zero-order valence-electron chi connectivity index (χ0n) is 9.50. The molecule has 3 heteroatoms. The van der Waals surface area contributed by atoms with Crippen LogP contribution in [0.5, 0.6) is 0 Å². The fourth-order valence-corrected chi connectivity index (χ4v) is 1.27. The van der Waals surface area contributed by atoms with E-state index in [-0.39, 0.29) is 5.91 Å². The largest absolute Gasteiger partial charge is 0.326 e. The molecule has 1 aromatic carbocycles. The lowest BCUT2D eigenvalue weighted by atomic mass is 10.1. The van der Waals surface area contributed by atoms with E-state index in [1.807, 2.05) is 38.2 Å². The Morgan fingerprint density at radius 1 is 1.33 bits per heavy atom. The highest BCUT2D eigenvalue weighted by Crippen LogP contribution is 2.15. The Bertz CT molecular complexity index is 319. The number of carbonyl (C=O) groups is 1. The van der Waals surface area contributed by atoms with E-state index in [1.54, 1.807) is 0 Å². The second-order valence-electron chi connectivity index (χ2n) is 3.53. The number of amides is 1. The maximum Gasteiger partial charge on any atom is 0.224 e. The molecule has 0 bridgehead atoms. The molecule has 0 fully saturated rings. The predicted molar refractivity (Wildman–Crippen MR) is 62.8 cm³/mol. The van der Waals surface area contributed by atoms with Gasteiger partial charge in [-0.1, -0.05) is 19.1 Å². The summed E-state index contributed by atoms with van der Waals surface area (Å²) in [6, 6.07) is 8.23. The predicted octanol–water partition coefficient (Wildman–Crippen LogP) is 2.32. The van der Waals surface area contributed by atoms with Gasteiger partial charge in [-0.05, 0) is 31.7 Å². The van der Waals surface area contributed by atoms with Gasteiger partial charge in [-0.2, -0.15) is 0 Å². The van der Waals surface area contributed by atoms with Crippen LogP contribution in [0.15, 0.2) is 24.3 Å². The standard InChI is InChI=1S/C12H18N2O/c1-4-12(15)14-11-7-5-10(6-8-11)9(2)13-3/h5-9,13H,4H2,1-3H3,(H,14,15). The second kappa shape index (κ2) is 5.51. The number of carbonyl (C=O) groups excluding carboxylic acids is 1. The molecule has 1 unspecified atom stereocenters. The average molecular weight is 206 g/mol. The molecule has 15 heavy (non-hydrogen) atoms.